The average molecular weight is 344 g/mol. The summed E-state index contributed by atoms with van der Waals surface area (Å²) >= 11 is 0. The minimum absolute atomic E-state index is 0.250. The molecule has 2 aliphatic rings. The number of piperazine rings is 1. The van der Waals surface area contributed by atoms with E-state index in [-0.39, 0.29) is 6.61 Å². The lowest BCUT2D eigenvalue weighted by molar-refractivity contribution is 0.174. The zero-order valence-corrected chi connectivity index (χ0v) is 14.5. The van der Waals surface area contributed by atoms with Crippen molar-refractivity contribution in [2.45, 2.75) is 13.5 Å². The van der Waals surface area contributed by atoms with Gasteiger partial charge in [-0.05, 0) is 30.7 Å². The number of rotatable bonds is 3. The van der Waals surface area contributed by atoms with Crippen molar-refractivity contribution in [3.05, 3.63) is 42.2 Å². The van der Waals surface area contributed by atoms with E-state index in [9.17, 15) is 0 Å². The fraction of sp³-hybridized carbons (Fsp3) is 0.444. The third-order valence-electron chi connectivity index (χ3n) is 4.05. The Balaban J connectivity index is 0.000000569. The van der Waals surface area contributed by atoms with Crippen molar-refractivity contribution in [1.82, 2.24) is 14.9 Å². The van der Waals surface area contributed by atoms with Crippen LogP contribution in [0.25, 0.3) is 0 Å². The lowest BCUT2D eigenvalue weighted by Crippen LogP contribution is -2.46. The van der Waals surface area contributed by atoms with Crippen LogP contribution in [0, 0.1) is 0 Å². The molecule has 0 unspecified atom stereocenters. The number of hydrogen-bond acceptors (Lipinski definition) is 7. The molecule has 2 aliphatic heterocycles. The first-order valence-electron chi connectivity index (χ1n) is 8.54. The highest BCUT2D eigenvalue weighted by Gasteiger charge is 2.20. The van der Waals surface area contributed by atoms with E-state index in [0.29, 0.717) is 6.79 Å². The van der Waals surface area contributed by atoms with Crippen LogP contribution < -0.4 is 14.4 Å². The van der Waals surface area contributed by atoms with Gasteiger partial charge in [0.2, 0.25) is 12.7 Å². The second kappa shape index (κ2) is 8.64. The molecule has 0 bridgehead atoms. The molecule has 7 heteroatoms. The summed E-state index contributed by atoms with van der Waals surface area (Å²) in [6, 6.07) is 8.03. The van der Waals surface area contributed by atoms with Crippen LogP contribution in [0.4, 0.5) is 5.95 Å². The van der Waals surface area contributed by atoms with E-state index in [4.69, 9.17) is 14.6 Å². The summed E-state index contributed by atoms with van der Waals surface area (Å²) in [4.78, 5) is 13.3. The summed E-state index contributed by atoms with van der Waals surface area (Å²) in [5, 5.41) is 7.57. The van der Waals surface area contributed by atoms with Crippen LogP contribution in [-0.2, 0) is 6.54 Å². The van der Waals surface area contributed by atoms with Crippen LogP contribution in [0.15, 0.2) is 36.7 Å². The Morgan fingerprint density at radius 3 is 2.44 bits per heavy atom. The van der Waals surface area contributed by atoms with Gasteiger partial charge in [0.1, 0.15) is 0 Å². The SMILES string of the molecule is CCO.c1cnc(N2CCN(Cc3ccc4c(c3)OCO4)CC2)nc1. The molecule has 0 spiro atoms. The molecule has 0 amide bonds. The van der Waals surface area contributed by atoms with Crippen molar-refractivity contribution in [3.8, 4) is 11.5 Å². The van der Waals surface area contributed by atoms with Gasteiger partial charge < -0.3 is 19.5 Å². The molecular formula is C18H24N4O3. The molecule has 0 saturated carbocycles. The topological polar surface area (TPSA) is 71.0 Å². The number of fused-ring (bicyclic) bond motifs is 1. The van der Waals surface area contributed by atoms with Gasteiger partial charge in [0.15, 0.2) is 11.5 Å². The smallest absolute Gasteiger partial charge is 0.231 e. The molecule has 7 nitrogen and oxygen atoms in total. The second-order valence-electron chi connectivity index (χ2n) is 5.82. The van der Waals surface area contributed by atoms with Gasteiger partial charge in [-0.25, -0.2) is 9.97 Å². The highest BCUT2D eigenvalue weighted by molar-refractivity contribution is 5.44. The zero-order chi connectivity index (χ0) is 17.5. The molecule has 0 atom stereocenters. The Kier molecular flexibility index (Phi) is 6.03. The number of ether oxygens (including phenoxy) is 2. The van der Waals surface area contributed by atoms with Crippen molar-refractivity contribution in [3.63, 3.8) is 0 Å². The Morgan fingerprint density at radius 2 is 1.72 bits per heavy atom. The third kappa shape index (κ3) is 4.58. The Labute approximate surface area is 147 Å². The van der Waals surface area contributed by atoms with Crippen molar-refractivity contribution in [2.24, 2.45) is 0 Å². The first-order valence-corrected chi connectivity index (χ1v) is 8.54. The Hall–Kier alpha value is -2.38. The molecule has 0 radical (unpaired) electrons. The normalized spacial score (nSPS) is 16.3. The van der Waals surface area contributed by atoms with Gasteiger partial charge in [-0.2, -0.15) is 0 Å². The number of aromatic nitrogens is 2. The molecule has 2 aromatic rings. The van der Waals surface area contributed by atoms with E-state index in [2.05, 4.69) is 31.9 Å². The highest BCUT2D eigenvalue weighted by Crippen LogP contribution is 2.32. The van der Waals surface area contributed by atoms with E-state index >= 15 is 0 Å². The van der Waals surface area contributed by atoms with Crippen LogP contribution >= 0.6 is 0 Å². The fourth-order valence-corrected chi connectivity index (χ4v) is 2.86. The number of hydrogen-bond donors (Lipinski definition) is 1. The summed E-state index contributed by atoms with van der Waals surface area (Å²) in [7, 11) is 0. The molecule has 1 N–H and O–H groups in total. The average Bonchev–Trinajstić information content (AvgIpc) is 3.12. The van der Waals surface area contributed by atoms with E-state index in [0.717, 1.165) is 50.2 Å². The van der Waals surface area contributed by atoms with Gasteiger partial charge in [0.25, 0.3) is 0 Å². The lowest BCUT2D eigenvalue weighted by Gasteiger charge is -2.34. The van der Waals surface area contributed by atoms with E-state index < -0.39 is 0 Å². The maximum atomic E-state index is 7.57. The van der Waals surface area contributed by atoms with E-state index in [1.54, 1.807) is 19.3 Å². The van der Waals surface area contributed by atoms with Crippen LogP contribution in [0.1, 0.15) is 12.5 Å². The lowest BCUT2D eigenvalue weighted by atomic mass is 10.1. The minimum atomic E-state index is 0.250. The van der Waals surface area contributed by atoms with Gasteiger partial charge in [0.05, 0.1) is 0 Å². The number of anilines is 1. The van der Waals surface area contributed by atoms with Crippen molar-refractivity contribution in [2.75, 3.05) is 44.5 Å². The summed E-state index contributed by atoms with van der Waals surface area (Å²) in [6.45, 7) is 7.11. The van der Waals surface area contributed by atoms with Crippen molar-refractivity contribution >= 4 is 5.95 Å². The molecule has 1 aromatic carbocycles. The predicted molar refractivity (Wildman–Crippen MR) is 94.8 cm³/mol. The molecule has 0 aliphatic carbocycles. The fourth-order valence-electron chi connectivity index (χ4n) is 2.86. The highest BCUT2D eigenvalue weighted by atomic mass is 16.7. The van der Waals surface area contributed by atoms with Crippen LogP contribution in [0.3, 0.4) is 0 Å². The van der Waals surface area contributed by atoms with Crippen molar-refractivity contribution in [1.29, 1.82) is 0 Å². The molecule has 1 fully saturated rings. The van der Waals surface area contributed by atoms with Gasteiger partial charge >= 0.3 is 0 Å². The minimum Gasteiger partial charge on any atom is -0.454 e. The molecule has 1 saturated heterocycles. The molecule has 134 valence electrons. The first-order chi connectivity index (χ1) is 12.3. The van der Waals surface area contributed by atoms with Gasteiger partial charge in [-0.15, -0.1) is 0 Å². The van der Waals surface area contributed by atoms with Crippen molar-refractivity contribution < 1.29 is 14.6 Å². The van der Waals surface area contributed by atoms with Gasteiger partial charge in [-0.3, -0.25) is 4.90 Å². The predicted octanol–water partition coefficient (Wildman–Crippen LogP) is 1.53. The summed E-state index contributed by atoms with van der Waals surface area (Å²) < 4.78 is 10.8. The van der Waals surface area contributed by atoms with E-state index in [1.807, 2.05) is 12.1 Å². The molecule has 25 heavy (non-hydrogen) atoms. The summed E-state index contributed by atoms with van der Waals surface area (Å²) in [6.07, 6.45) is 3.59. The number of nitrogens with zero attached hydrogens (tertiary/aromatic N) is 4. The second-order valence-corrected chi connectivity index (χ2v) is 5.82. The number of aliphatic hydroxyl groups excluding tert-OH is 1. The Morgan fingerprint density at radius 1 is 1.04 bits per heavy atom. The van der Waals surface area contributed by atoms with Gasteiger partial charge in [0, 0.05) is 51.7 Å². The number of aliphatic hydroxyl groups is 1. The maximum absolute atomic E-state index is 7.57. The van der Waals surface area contributed by atoms with Crippen LogP contribution in [0.5, 0.6) is 11.5 Å². The Bertz CT molecular complexity index is 661. The summed E-state index contributed by atoms with van der Waals surface area (Å²) in [5.41, 5.74) is 1.26. The zero-order valence-electron chi connectivity index (χ0n) is 14.5. The summed E-state index contributed by atoms with van der Waals surface area (Å²) in [5.74, 6) is 2.52. The molecule has 4 rings (SSSR count). The van der Waals surface area contributed by atoms with E-state index in [1.165, 1.54) is 5.56 Å². The quantitative estimate of drug-likeness (QED) is 0.905. The van der Waals surface area contributed by atoms with Crippen LogP contribution in [0.2, 0.25) is 0 Å². The standard InChI is InChI=1S/C16H18N4O2.C2H6O/c1-4-17-16(18-5-1)20-8-6-19(7-9-20)11-13-2-3-14-15(10-13)22-12-21-14;1-2-3/h1-5,10H,6-9,11-12H2;3H,2H2,1H3. The monoisotopic (exact) mass is 344 g/mol. The van der Waals surface area contributed by atoms with Crippen LogP contribution in [-0.4, -0.2) is 59.6 Å². The maximum Gasteiger partial charge on any atom is 0.231 e. The number of benzene rings is 1. The molecule has 1 aromatic heterocycles. The molecule has 3 heterocycles. The largest absolute Gasteiger partial charge is 0.454 e. The first kappa shape index (κ1) is 17.4. The van der Waals surface area contributed by atoms with Gasteiger partial charge in [-0.1, -0.05) is 6.07 Å². The third-order valence-corrected chi connectivity index (χ3v) is 4.05. The molecular weight excluding hydrogens is 320 g/mol.